The predicted molar refractivity (Wildman–Crippen MR) is 63.8 cm³/mol. The first-order valence-corrected chi connectivity index (χ1v) is 5.40. The van der Waals surface area contributed by atoms with E-state index in [2.05, 4.69) is 4.98 Å². The summed E-state index contributed by atoms with van der Waals surface area (Å²) in [6, 6.07) is 8.78. The van der Waals surface area contributed by atoms with Crippen LogP contribution in [0.15, 0.2) is 36.5 Å². The second-order valence-electron chi connectivity index (χ2n) is 3.68. The van der Waals surface area contributed by atoms with Crippen LogP contribution >= 0.6 is 11.6 Å². The lowest BCUT2D eigenvalue weighted by molar-refractivity contribution is -0.254. The number of benzene rings is 1. The first-order valence-electron chi connectivity index (χ1n) is 5.02. The molecule has 0 aliphatic heterocycles. The van der Waals surface area contributed by atoms with Crippen LogP contribution < -0.4 is 5.11 Å². The number of carbonyl (C=O) groups excluding carboxylic acids is 1. The van der Waals surface area contributed by atoms with Crippen LogP contribution in [-0.4, -0.2) is 11.0 Å². The van der Waals surface area contributed by atoms with Gasteiger partial charge in [0.25, 0.3) is 0 Å². The van der Waals surface area contributed by atoms with Crippen molar-refractivity contribution in [2.45, 2.75) is 6.92 Å². The number of aromatic nitrogens is 1. The molecule has 0 aliphatic rings. The van der Waals surface area contributed by atoms with E-state index in [0.717, 1.165) is 5.56 Å². The zero-order chi connectivity index (χ0) is 12.4. The Morgan fingerprint density at radius 2 is 1.88 bits per heavy atom. The number of hydrogen-bond acceptors (Lipinski definition) is 3. The first-order chi connectivity index (χ1) is 8.09. The smallest absolute Gasteiger partial charge is 0.137 e. The van der Waals surface area contributed by atoms with E-state index < -0.39 is 5.97 Å². The van der Waals surface area contributed by atoms with E-state index in [1.54, 1.807) is 0 Å². The molecule has 0 unspecified atom stereocenters. The minimum Gasteiger partial charge on any atom is -0.545 e. The van der Waals surface area contributed by atoms with Gasteiger partial charge in [0.2, 0.25) is 0 Å². The summed E-state index contributed by atoms with van der Waals surface area (Å²) in [5.74, 6) is -1.26. The molecule has 17 heavy (non-hydrogen) atoms. The zero-order valence-electron chi connectivity index (χ0n) is 9.11. The van der Waals surface area contributed by atoms with Gasteiger partial charge >= 0.3 is 0 Å². The van der Waals surface area contributed by atoms with Crippen LogP contribution in [0.2, 0.25) is 5.15 Å². The molecule has 0 spiro atoms. The minimum atomic E-state index is -1.26. The molecule has 1 heterocycles. The van der Waals surface area contributed by atoms with Gasteiger partial charge in [-0.3, -0.25) is 0 Å². The number of carboxylic acid groups (broad SMARTS) is 1. The Morgan fingerprint density at radius 3 is 2.47 bits per heavy atom. The molecule has 0 bridgehead atoms. The Labute approximate surface area is 104 Å². The molecule has 0 amide bonds. The van der Waals surface area contributed by atoms with E-state index >= 15 is 0 Å². The third-order valence-corrected chi connectivity index (χ3v) is 2.75. The fourth-order valence-electron chi connectivity index (χ4n) is 1.60. The van der Waals surface area contributed by atoms with E-state index in [-0.39, 0.29) is 10.7 Å². The zero-order valence-corrected chi connectivity index (χ0v) is 9.86. The van der Waals surface area contributed by atoms with Gasteiger partial charge in [0.1, 0.15) is 5.15 Å². The molecule has 2 aromatic rings. The number of aryl methyl sites for hydroxylation is 1. The molecule has 0 radical (unpaired) electrons. The van der Waals surface area contributed by atoms with E-state index in [1.165, 1.54) is 12.3 Å². The van der Waals surface area contributed by atoms with Gasteiger partial charge in [0, 0.05) is 17.3 Å². The maximum absolute atomic E-state index is 11.0. The van der Waals surface area contributed by atoms with E-state index in [9.17, 15) is 9.90 Å². The van der Waals surface area contributed by atoms with E-state index in [4.69, 9.17) is 11.6 Å². The topological polar surface area (TPSA) is 53.0 Å². The molecule has 0 aliphatic carbocycles. The molecule has 3 nitrogen and oxygen atoms in total. The molecular weight excluding hydrogens is 238 g/mol. The number of pyridine rings is 1. The summed E-state index contributed by atoms with van der Waals surface area (Å²) in [6.07, 6.45) is 1.35. The number of rotatable bonds is 2. The summed E-state index contributed by atoms with van der Waals surface area (Å²) in [7, 11) is 0. The van der Waals surface area contributed by atoms with Crippen molar-refractivity contribution >= 4 is 17.6 Å². The molecule has 0 saturated heterocycles. The monoisotopic (exact) mass is 246 g/mol. The fraction of sp³-hybridized carbons (Fsp3) is 0.0769. The Balaban J connectivity index is 2.65. The van der Waals surface area contributed by atoms with Crippen molar-refractivity contribution in [1.29, 1.82) is 0 Å². The van der Waals surface area contributed by atoms with Crippen LogP contribution in [0.5, 0.6) is 0 Å². The number of hydrogen-bond donors (Lipinski definition) is 0. The highest BCUT2D eigenvalue weighted by atomic mass is 35.5. The Bertz CT molecular complexity index is 564. The molecule has 1 aromatic heterocycles. The number of carboxylic acids is 1. The second kappa shape index (κ2) is 4.55. The van der Waals surface area contributed by atoms with Crippen molar-refractivity contribution in [3.05, 3.63) is 52.8 Å². The van der Waals surface area contributed by atoms with Gasteiger partial charge in [-0.05, 0) is 18.6 Å². The van der Waals surface area contributed by atoms with Crippen LogP contribution in [0, 0.1) is 6.92 Å². The third-order valence-electron chi connectivity index (χ3n) is 2.46. The van der Waals surface area contributed by atoms with Gasteiger partial charge in [-0.1, -0.05) is 41.4 Å². The lowest BCUT2D eigenvalue weighted by Gasteiger charge is -2.11. The standard InChI is InChI=1S/C13H10ClNO2/c1-8-2-4-9(5-3-8)11-10(13(16)17)6-7-15-12(11)14/h2-7H,1H3,(H,16,17)/p-1. The lowest BCUT2D eigenvalue weighted by Crippen LogP contribution is -2.23. The quantitative estimate of drug-likeness (QED) is 0.763. The molecule has 0 N–H and O–H groups in total. The maximum atomic E-state index is 11.0. The highest BCUT2D eigenvalue weighted by Gasteiger charge is 2.11. The third kappa shape index (κ3) is 2.29. The van der Waals surface area contributed by atoms with Crippen molar-refractivity contribution in [2.24, 2.45) is 0 Å². The lowest BCUT2D eigenvalue weighted by atomic mass is 10.0. The summed E-state index contributed by atoms with van der Waals surface area (Å²) in [5, 5.41) is 11.2. The summed E-state index contributed by atoms with van der Waals surface area (Å²) in [6.45, 7) is 1.95. The van der Waals surface area contributed by atoms with Crippen molar-refractivity contribution in [2.75, 3.05) is 0 Å². The van der Waals surface area contributed by atoms with Crippen LogP contribution in [0.3, 0.4) is 0 Å². The van der Waals surface area contributed by atoms with Gasteiger partial charge in [0.05, 0.1) is 5.97 Å². The summed E-state index contributed by atoms with van der Waals surface area (Å²) >= 11 is 5.95. The SMILES string of the molecule is Cc1ccc(-c2c(C(=O)[O-])ccnc2Cl)cc1. The molecule has 2 rings (SSSR count). The van der Waals surface area contributed by atoms with Crippen molar-refractivity contribution in [1.82, 2.24) is 4.98 Å². The molecular formula is C13H9ClNO2-. The van der Waals surface area contributed by atoms with Gasteiger partial charge in [-0.15, -0.1) is 0 Å². The second-order valence-corrected chi connectivity index (χ2v) is 4.04. The van der Waals surface area contributed by atoms with Crippen molar-refractivity contribution < 1.29 is 9.90 Å². The fourth-order valence-corrected chi connectivity index (χ4v) is 1.87. The number of carbonyl (C=O) groups is 1. The van der Waals surface area contributed by atoms with E-state index in [0.29, 0.717) is 11.1 Å². The minimum absolute atomic E-state index is 0.0499. The number of aromatic carboxylic acids is 1. The Kier molecular flexibility index (Phi) is 3.11. The molecule has 0 atom stereocenters. The molecule has 0 saturated carbocycles. The molecule has 86 valence electrons. The van der Waals surface area contributed by atoms with E-state index in [1.807, 2.05) is 31.2 Å². The normalized spacial score (nSPS) is 10.2. The predicted octanol–water partition coefficient (Wildman–Crippen LogP) is 2.07. The van der Waals surface area contributed by atoms with Crippen LogP contribution in [0.1, 0.15) is 15.9 Å². The summed E-state index contributed by atoms with van der Waals surface area (Å²) < 4.78 is 0. The Morgan fingerprint density at radius 1 is 1.24 bits per heavy atom. The highest BCUT2D eigenvalue weighted by Crippen LogP contribution is 2.29. The molecule has 0 fully saturated rings. The largest absolute Gasteiger partial charge is 0.545 e. The molecule has 4 heteroatoms. The van der Waals surface area contributed by atoms with Crippen molar-refractivity contribution in [3.63, 3.8) is 0 Å². The number of halogens is 1. The van der Waals surface area contributed by atoms with Gasteiger partial charge in [-0.2, -0.15) is 0 Å². The van der Waals surface area contributed by atoms with Gasteiger partial charge in [-0.25, -0.2) is 4.98 Å². The van der Waals surface area contributed by atoms with Crippen LogP contribution in [0.25, 0.3) is 11.1 Å². The average Bonchev–Trinajstić information content (AvgIpc) is 2.30. The molecule has 1 aromatic carbocycles. The maximum Gasteiger partial charge on any atom is 0.137 e. The van der Waals surface area contributed by atoms with Gasteiger partial charge < -0.3 is 9.90 Å². The summed E-state index contributed by atoms with van der Waals surface area (Å²) in [4.78, 5) is 14.9. The van der Waals surface area contributed by atoms with Gasteiger partial charge in [0.15, 0.2) is 0 Å². The summed E-state index contributed by atoms with van der Waals surface area (Å²) in [5.41, 5.74) is 2.25. The first kappa shape index (κ1) is 11.6. The Hall–Kier alpha value is -1.87. The average molecular weight is 247 g/mol. The highest BCUT2D eigenvalue weighted by molar-refractivity contribution is 6.32. The van der Waals surface area contributed by atoms with Crippen molar-refractivity contribution in [3.8, 4) is 11.1 Å². The van der Waals surface area contributed by atoms with Crippen LogP contribution in [-0.2, 0) is 0 Å². The van der Waals surface area contributed by atoms with Crippen LogP contribution in [0.4, 0.5) is 0 Å². The number of nitrogens with zero attached hydrogens (tertiary/aromatic N) is 1.